The predicted octanol–water partition coefficient (Wildman–Crippen LogP) is 4.91. The van der Waals surface area contributed by atoms with E-state index >= 15 is 0 Å². The highest BCUT2D eigenvalue weighted by Crippen LogP contribution is 2.32. The van der Waals surface area contributed by atoms with Crippen LogP contribution in [0.25, 0.3) is 0 Å². The van der Waals surface area contributed by atoms with E-state index in [-0.39, 0.29) is 5.69 Å². The van der Waals surface area contributed by atoms with Crippen molar-refractivity contribution >= 4 is 37.5 Å². The van der Waals surface area contributed by atoms with Crippen molar-refractivity contribution in [3.63, 3.8) is 0 Å². The molecule has 92 valence electrons. The fourth-order valence-electron chi connectivity index (χ4n) is 1.32. The minimum atomic E-state index is -0.445. The topological polar surface area (TPSA) is 52.4 Å². The molecule has 0 atom stereocenters. The van der Waals surface area contributed by atoms with Crippen LogP contribution >= 0.6 is 31.9 Å². The SMILES string of the molecule is O=[N+]([O-])c1ccc(Oc2ccc(Br)cc2Br)cc1. The maximum Gasteiger partial charge on any atom is 0.269 e. The summed E-state index contributed by atoms with van der Waals surface area (Å²) in [6, 6.07) is 11.4. The van der Waals surface area contributed by atoms with Gasteiger partial charge in [0.15, 0.2) is 0 Å². The molecule has 0 fully saturated rings. The molecule has 0 amide bonds. The maximum absolute atomic E-state index is 10.5. The Kier molecular flexibility index (Phi) is 3.98. The normalized spacial score (nSPS) is 10.1. The number of halogens is 2. The third kappa shape index (κ3) is 3.08. The second-order valence-corrected chi connectivity index (χ2v) is 5.20. The average Bonchev–Trinajstić information content (AvgIpc) is 2.33. The van der Waals surface area contributed by atoms with Crippen molar-refractivity contribution in [2.75, 3.05) is 0 Å². The summed E-state index contributed by atoms with van der Waals surface area (Å²) in [5.41, 5.74) is 0.0391. The molecule has 6 heteroatoms. The van der Waals surface area contributed by atoms with Gasteiger partial charge in [0.1, 0.15) is 11.5 Å². The summed E-state index contributed by atoms with van der Waals surface area (Å²) in [6.07, 6.45) is 0. The van der Waals surface area contributed by atoms with E-state index in [1.165, 1.54) is 12.1 Å². The lowest BCUT2D eigenvalue weighted by molar-refractivity contribution is -0.384. The van der Waals surface area contributed by atoms with Crippen LogP contribution in [0, 0.1) is 10.1 Å². The Morgan fingerprint density at radius 2 is 1.72 bits per heavy atom. The summed E-state index contributed by atoms with van der Waals surface area (Å²) in [5, 5.41) is 10.5. The van der Waals surface area contributed by atoms with Crippen molar-refractivity contribution < 1.29 is 9.66 Å². The number of nitro groups is 1. The molecule has 0 unspecified atom stereocenters. The van der Waals surface area contributed by atoms with Gasteiger partial charge in [0.25, 0.3) is 5.69 Å². The highest BCUT2D eigenvalue weighted by atomic mass is 79.9. The smallest absolute Gasteiger partial charge is 0.269 e. The Balaban J connectivity index is 2.21. The molecule has 0 saturated heterocycles. The summed E-state index contributed by atoms with van der Waals surface area (Å²) >= 11 is 6.73. The summed E-state index contributed by atoms with van der Waals surface area (Å²) < 4.78 is 7.35. The number of non-ortho nitro benzene ring substituents is 1. The van der Waals surface area contributed by atoms with Crippen LogP contribution in [0.1, 0.15) is 0 Å². The molecule has 0 aliphatic rings. The van der Waals surface area contributed by atoms with Gasteiger partial charge in [-0.15, -0.1) is 0 Å². The molecule has 2 aromatic carbocycles. The highest BCUT2D eigenvalue weighted by molar-refractivity contribution is 9.11. The second kappa shape index (κ2) is 5.49. The van der Waals surface area contributed by atoms with E-state index in [4.69, 9.17) is 4.74 Å². The zero-order chi connectivity index (χ0) is 13.1. The number of nitro benzene ring substituents is 1. The first-order chi connectivity index (χ1) is 8.56. The van der Waals surface area contributed by atoms with Gasteiger partial charge < -0.3 is 4.74 Å². The van der Waals surface area contributed by atoms with Crippen LogP contribution < -0.4 is 4.74 Å². The average molecular weight is 373 g/mol. The molecule has 0 N–H and O–H groups in total. The quantitative estimate of drug-likeness (QED) is 0.568. The first-order valence-electron chi connectivity index (χ1n) is 4.93. The fraction of sp³-hybridized carbons (Fsp3) is 0. The lowest BCUT2D eigenvalue weighted by Crippen LogP contribution is -1.89. The van der Waals surface area contributed by atoms with Gasteiger partial charge in [0.05, 0.1) is 9.40 Å². The molecule has 0 saturated carbocycles. The van der Waals surface area contributed by atoms with Gasteiger partial charge in [0.2, 0.25) is 0 Å². The lowest BCUT2D eigenvalue weighted by atomic mass is 10.3. The van der Waals surface area contributed by atoms with Gasteiger partial charge in [-0.2, -0.15) is 0 Å². The summed E-state index contributed by atoms with van der Waals surface area (Å²) in [5.74, 6) is 1.19. The van der Waals surface area contributed by atoms with E-state index < -0.39 is 4.92 Å². The van der Waals surface area contributed by atoms with Gasteiger partial charge in [0, 0.05) is 16.6 Å². The van der Waals surface area contributed by atoms with E-state index in [1.807, 2.05) is 12.1 Å². The van der Waals surface area contributed by atoms with Crippen molar-refractivity contribution in [1.29, 1.82) is 0 Å². The van der Waals surface area contributed by atoms with Crippen LogP contribution in [0.5, 0.6) is 11.5 Å². The van der Waals surface area contributed by atoms with E-state index in [0.717, 1.165) is 8.95 Å². The highest BCUT2D eigenvalue weighted by Gasteiger charge is 2.07. The standard InChI is InChI=1S/C12H7Br2NO3/c13-8-1-6-12(11(14)7-8)18-10-4-2-9(3-5-10)15(16)17/h1-7H. The fourth-order valence-corrected chi connectivity index (χ4v) is 2.45. The van der Waals surface area contributed by atoms with Crippen LogP contribution in [0.4, 0.5) is 5.69 Å². The molecular weight excluding hydrogens is 366 g/mol. The predicted molar refractivity (Wildman–Crippen MR) is 75.0 cm³/mol. The monoisotopic (exact) mass is 371 g/mol. The van der Waals surface area contributed by atoms with Crippen LogP contribution in [0.2, 0.25) is 0 Å². The van der Waals surface area contributed by atoms with Gasteiger partial charge in [-0.3, -0.25) is 10.1 Å². The van der Waals surface area contributed by atoms with E-state index in [1.54, 1.807) is 18.2 Å². The molecule has 18 heavy (non-hydrogen) atoms. The zero-order valence-corrected chi connectivity index (χ0v) is 12.1. The van der Waals surface area contributed by atoms with E-state index in [2.05, 4.69) is 31.9 Å². The molecule has 2 rings (SSSR count). The second-order valence-electron chi connectivity index (χ2n) is 3.43. The van der Waals surface area contributed by atoms with Crippen LogP contribution in [0.15, 0.2) is 51.4 Å². The summed E-state index contributed by atoms with van der Waals surface area (Å²) in [6.45, 7) is 0. The van der Waals surface area contributed by atoms with Crippen molar-refractivity contribution in [3.05, 3.63) is 61.5 Å². The first kappa shape index (κ1) is 13.0. The van der Waals surface area contributed by atoms with Gasteiger partial charge in [-0.05, 0) is 46.3 Å². The number of rotatable bonds is 3. The molecule has 0 bridgehead atoms. The van der Waals surface area contributed by atoms with Crippen LogP contribution in [0.3, 0.4) is 0 Å². The first-order valence-corrected chi connectivity index (χ1v) is 6.52. The molecule has 2 aromatic rings. The van der Waals surface area contributed by atoms with Crippen molar-refractivity contribution in [1.82, 2.24) is 0 Å². The number of hydrogen-bond acceptors (Lipinski definition) is 3. The largest absolute Gasteiger partial charge is 0.456 e. The third-order valence-corrected chi connectivity index (χ3v) is 3.28. The van der Waals surface area contributed by atoms with Crippen molar-refractivity contribution in [2.24, 2.45) is 0 Å². The molecule has 0 heterocycles. The van der Waals surface area contributed by atoms with Gasteiger partial charge in [-0.25, -0.2) is 0 Å². The Bertz CT molecular complexity index is 584. The van der Waals surface area contributed by atoms with E-state index in [9.17, 15) is 10.1 Å². The van der Waals surface area contributed by atoms with Crippen molar-refractivity contribution in [3.8, 4) is 11.5 Å². The molecule has 0 radical (unpaired) electrons. The molecule has 0 aromatic heterocycles. The Morgan fingerprint density at radius 3 is 2.28 bits per heavy atom. The summed E-state index contributed by atoms with van der Waals surface area (Å²) in [4.78, 5) is 10.1. The third-order valence-electron chi connectivity index (χ3n) is 2.17. The maximum atomic E-state index is 10.5. The lowest BCUT2D eigenvalue weighted by Gasteiger charge is -2.07. The Labute approximate surface area is 120 Å². The number of ether oxygens (including phenoxy) is 1. The molecule has 0 aliphatic heterocycles. The molecular formula is C12H7Br2NO3. The Morgan fingerprint density at radius 1 is 1.06 bits per heavy atom. The summed E-state index contributed by atoms with van der Waals surface area (Å²) in [7, 11) is 0. The van der Waals surface area contributed by atoms with Gasteiger partial charge in [-0.1, -0.05) is 15.9 Å². The number of nitrogens with zero attached hydrogens (tertiary/aromatic N) is 1. The Hall–Kier alpha value is -1.40. The van der Waals surface area contributed by atoms with E-state index in [0.29, 0.717) is 11.5 Å². The van der Waals surface area contributed by atoms with Crippen LogP contribution in [-0.4, -0.2) is 4.92 Å². The zero-order valence-electron chi connectivity index (χ0n) is 8.97. The molecule has 4 nitrogen and oxygen atoms in total. The number of hydrogen-bond donors (Lipinski definition) is 0. The minimum Gasteiger partial charge on any atom is -0.456 e. The minimum absolute atomic E-state index is 0.0391. The number of benzene rings is 2. The van der Waals surface area contributed by atoms with Crippen molar-refractivity contribution in [2.45, 2.75) is 0 Å². The molecule has 0 aliphatic carbocycles. The molecule has 0 spiro atoms. The van der Waals surface area contributed by atoms with Crippen LogP contribution in [-0.2, 0) is 0 Å². The van der Waals surface area contributed by atoms with Gasteiger partial charge >= 0.3 is 0 Å².